The molecule has 8 nitrogen and oxygen atoms in total. The van der Waals surface area contributed by atoms with Crippen LogP contribution in [-0.2, 0) is 13.2 Å². The molecule has 4 aromatic rings. The fourth-order valence-electron chi connectivity index (χ4n) is 3.18. The molecule has 1 heterocycles. The van der Waals surface area contributed by atoms with E-state index in [4.69, 9.17) is 39.5 Å². The average Bonchev–Trinajstić information content (AvgIpc) is 3.27. The Hall–Kier alpha value is -3.59. The molecule has 0 fully saturated rings. The van der Waals surface area contributed by atoms with Crippen molar-refractivity contribution in [2.75, 3.05) is 5.32 Å². The number of carbonyl (C=O) groups is 1. The van der Waals surface area contributed by atoms with Crippen LogP contribution in [0.15, 0.2) is 72.9 Å². The lowest BCUT2D eigenvalue weighted by Crippen LogP contribution is -2.13. The van der Waals surface area contributed by atoms with Gasteiger partial charge in [-0.2, -0.15) is 5.10 Å². The molecule has 0 saturated heterocycles. The number of rotatable bonds is 8. The number of nitrogens with zero attached hydrogens (tertiary/aromatic N) is 3. The molecule has 0 aliphatic rings. The predicted octanol–water partition coefficient (Wildman–Crippen LogP) is 6.63. The van der Waals surface area contributed by atoms with Crippen LogP contribution in [0.3, 0.4) is 0 Å². The minimum atomic E-state index is -0.529. The molecule has 0 aliphatic heterocycles. The smallest absolute Gasteiger partial charge is 0.271 e. The highest BCUT2D eigenvalue weighted by atomic mass is 35.5. The van der Waals surface area contributed by atoms with Crippen LogP contribution in [0.25, 0.3) is 0 Å². The number of amides is 1. The third-order valence-corrected chi connectivity index (χ3v) is 6.00. The van der Waals surface area contributed by atoms with Crippen LogP contribution in [0.1, 0.15) is 21.5 Å². The van der Waals surface area contributed by atoms with Gasteiger partial charge in [-0.15, -0.1) is 0 Å². The summed E-state index contributed by atoms with van der Waals surface area (Å²) in [5.41, 5.74) is 1.85. The van der Waals surface area contributed by atoms with E-state index in [1.807, 2.05) is 0 Å². The number of hydrogen-bond donors (Lipinski definition) is 1. The number of halogens is 3. The second kappa shape index (κ2) is 10.8. The number of carbonyl (C=O) groups excluding carboxylic acids is 1. The SMILES string of the molecule is O=C(Nc1ccn(Cc2c(Cl)cccc2Cl)n1)c1ccc(COc2ccc([N+](=O)[O-])cc2Cl)cc1. The van der Waals surface area contributed by atoms with Crippen LogP contribution < -0.4 is 10.1 Å². The molecule has 0 unspecified atom stereocenters. The van der Waals surface area contributed by atoms with Crippen molar-refractivity contribution in [3.63, 3.8) is 0 Å². The molecule has 0 saturated carbocycles. The summed E-state index contributed by atoms with van der Waals surface area (Å²) in [5, 5.41) is 19.1. The molecule has 1 amide bonds. The average molecular weight is 532 g/mol. The van der Waals surface area contributed by atoms with E-state index >= 15 is 0 Å². The first-order valence-electron chi connectivity index (χ1n) is 10.2. The van der Waals surface area contributed by atoms with Crippen molar-refractivity contribution in [2.24, 2.45) is 0 Å². The zero-order chi connectivity index (χ0) is 24.9. The standard InChI is InChI=1S/C24H17Cl3N4O4/c25-19-2-1-3-20(26)18(19)13-30-11-10-23(29-30)28-24(32)16-6-4-15(5-7-16)14-35-22-9-8-17(31(33)34)12-21(22)27/h1-12H,13-14H2,(H,28,29,32). The van der Waals surface area contributed by atoms with Gasteiger partial charge in [-0.25, -0.2) is 0 Å². The molecule has 3 aromatic carbocycles. The fourth-order valence-corrected chi connectivity index (χ4v) is 3.93. The lowest BCUT2D eigenvalue weighted by atomic mass is 10.1. The number of anilines is 1. The highest BCUT2D eigenvalue weighted by Gasteiger charge is 2.12. The van der Waals surface area contributed by atoms with Gasteiger partial charge in [-0.1, -0.05) is 53.0 Å². The van der Waals surface area contributed by atoms with Crippen molar-refractivity contribution in [2.45, 2.75) is 13.2 Å². The van der Waals surface area contributed by atoms with Gasteiger partial charge in [-0.3, -0.25) is 19.6 Å². The number of ether oxygens (including phenoxy) is 1. The maximum atomic E-state index is 12.6. The Kier molecular flexibility index (Phi) is 7.55. The van der Waals surface area contributed by atoms with Gasteiger partial charge in [0.25, 0.3) is 11.6 Å². The highest BCUT2D eigenvalue weighted by molar-refractivity contribution is 6.36. The van der Waals surface area contributed by atoms with E-state index in [-0.39, 0.29) is 23.2 Å². The summed E-state index contributed by atoms with van der Waals surface area (Å²) in [6.07, 6.45) is 1.72. The van der Waals surface area contributed by atoms with E-state index < -0.39 is 4.92 Å². The lowest BCUT2D eigenvalue weighted by Gasteiger charge is -2.09. The number of nitro groups is 1. The van der Waals surface area contributed by atoms with Crippen LogP contribution in [0.4, 0.5) is 11.5 Å². The molecular formula is C24H17Cl3N4O4. The van der Waals surface area contributed by atoms with Crippen molar-refractivity contribution in [3.8, 4) is 5.75 Å². The monoisotopic (exact) mass is 530 g/mol. The number of hydrogen-bond acceptors (Lipinski definition) is 5. The number of benzene rings is 3. The van der Waals surface area contributed by atoms with Crippen LogP contribution in [-0.4, -0.2) is 20.6 Å². The Balaban J connectivity index is 1.34. The Labute approximate surface area is 215 Å². The first-order valence-corrected chi connectivity index (χ1v) is 11.4. The summed E-state index contributed by atoms with van der Waals surface area (Å²) in [6, 6.07) is 17.8. The number of aromatic nitrogens is 2. The normalized spacial score (nSPS) is 10.7. The van der Waals surface area contributed by atoms with Gasteiger partial charge in [0.2, 0.25) is 0 Å². The van der Waals surface area contributed by atoms with Crippen molar-refractivity contribution in [3.05, 3.63) is 115 Å². The summed E-state index contributed by atoms with van der Waals surface area (Å²) in [7, 11) is 0. The molecule has 0 spiro atoms. The third-order valence-electron chi connectivity index (χ3n) is 5.00. The molecule has 0 bridgehead atoms. The zero-order valence-corrected chi connectivity index (χ0v) is 20.2. The summed E-state index contributed by atoms with van der Waals surface area (Å²) in [4.78, 5) is 22.9. The van der Waals surface area contributed by atoms with Gasteiger partial charge in [-0.05, 0) is 35.9 Å². The van der Waals surface area contributed by atoms with Crippen LogP contribution in [0.5, 0.6) is 5.75 Å². The molecule has 11 heteroatoms. The van der Waals surface area contributed by atoms with Gasteiger partial charge in [0.15, 0.2) is 5.82 Å². The highest BCUT2D eigenvalue weighted by Crippen LogP contribution is 2.29. The van der Waals surface area contributed by atoms with E-state index in [9.17, 15) is 14.9 Å². The van der Waals surface area contributed by atoms with E-state index in [0.717, 1.165) is 11.1 Å². The molecule has 1 N–H and O–H groups in total. The Morgan fingerprint density at radius 2 is 1.71 bits per heavy atom. The Morgan fingerprint density at radius 3 is 2.37 bits per heavy atom. The fraction of sp³-hybridized carbons (Fsp3) is 0.0833. The zero-order valence-electron chi connectivity index (χ0n) is 18.0. The van der Waals surface area contributed by atoms with Crippen molar-refractivity contribution in [1.29, 1.82) is 0 Å². The maximum Gasteiger partial charge on any atom is 0.271 e. The first-order chi connectivity index (χ1) is 16.8. The van der Waals surface area contributed by atoms with E-state index in [2.05, 4.69) is 10.4 Å². The van der Waals surface area contributed by atoms with Gasteiger partial charge in [0.1, 0.15) is 12.4 Å². The number of non-ortho nitro benzene ring substituents is 1. The lowest BCUT2D eigenvalue weighted by molar-refractivity contribution is -0.384. The molecular weight excluding hydrogens is 515 g/mol. The minimum absolute atomic E-state index is 0.116. The van der Waals surface area contributed by atoms with Gasteiger partial charge >= 0.3 is 0 Å². The van der Waals surface area contributed by atoms with Crippen molar-refractivity contribution in [1.82, 2.24) is 9.78 Å². The largest absolute Gasteiger partial charge is 0.487 e. The minimum Gasteiger partial charge on any atom is -0.487 e. The molecule has 0 atom stereocenters. The van der Waals surface area contributed by atoms with E-state index in [0.29, 0.717) is 33.7 Å². The van der Waals surface area contributed by atoms with Crippen LogP contribution >= 0.6 is 34.8 Å². The van der Waals surface area contributed by atoms with E-state index in [1.165, 1.54) is 18.2 Å². The molecule has 0 aliphatic carbocycles. The quantitative estimate of drug-likeness (QED) is 0.203. The first kappa shape index (κ1) is 24.5. The third kappa shape index (κ3) is 6.10. The number of nitro benzene ring substituents is 1. The maximum absolute atomic E-state index is 12.6. The second-order valence-corrected chi connectivity index (χ2v) is 8.63. The summed E-state index contributed by atoms with van der Waals surface area (Å²) >= 11 is 18.5. The molecule has 178 valence electrons. The van der Waals surface area contributed by atoms with Gasteiger partial charge < -0.3 is 10.1 Å². The van der Waals surface area contributed by atoms with Crippen molar-refractivity contribution < 1.29 is 14.5 Å². The molecule has 35 heavy (non-hydrogen) atoms. The molecule has 4 rings (SSSR count). The topological polar surface area (TPSA) is 99.3 Å². The van der Waals surface area contributed by atoms with Gasteiger partial charge in [0.05, 0.1) is 16.5 Å². The molecule has 1 aromatic heterocycles. The van der Waals surface area contributed by atoms with E-state index in [1.54, 1.807) is 59.4 Å². The molecule has 0 radical (unpaired) electrons. The van der Waals surface area contributed by atoms with Crippen molar-refractivity contribution >= 4 is 52.2 Å². The predicted molar refractivity (Wildman–Crippen MR) is 135 cm³/mol. The van der Waals surface area contributed by atoms with Crippen LogP contribution in [0, 0.1) is 10.1 Å². The summed E-state index contributed by atoms with van der Waals surface area (Å²) < 4.78 is 7.27. The number of nitrogens with one attached hydrogen (secondary N) is 1. The van der Waals surface area contributed by atoms with Crippen LogP contribution in [0.2, 0.25) is 15.1 Å². The Bertz CT molecular complexity index is 1370. The summed E-state index contributed by atoms with van der Waals surface area (Å²) in [6.45, 7) is 0.538. The summed E-state index contributed by atoms with van der Waals surface area (Å²) in [5.74, 6) is 0.392. The van der Waals surface area contributed by atoms with Gasteiger partial charge in [0, 0.05) is 45.6 Å². The second-order valence-electron chi connectivity index (χ2n) is 7.41. The Morgan fingerprint density at radius 1 is 1.00 bits per heavy atom.